The molecule has 146 valence electrons. The van der Waals surface area contributed by atoms with Gasteiger partial charge in [0, 0.05) is 49.7 Å². The van der Waals surface area contributed by atoms with E-state index < -0.39 is 0 Å². The topological polar surface area (TPSA) is 52.7 Å². The molecule has 0 radical (unpaired) electrons. The van der Waals surface area contributed by atoms with Crippen LogP contribution in [0.1, 0.15) is 40.4 Å². The molecule has 4 rings (SSSR count). The van der Waals surface area contributed by atoms with E-state index in [1.165, 1.54) is 0 Å². The van der Waals surface area contributed by atoms with E-state index in [4.69, 9.17) is 11.6 Å². The molecular formula is C22H24ClN3O2. The van der Waals surface area contributed by atoms with Gasteiger partial charge in [-0.05, 0) is 41.8 Å². The minimum Gasteiger partial charge on any atom is -0.338 e. The first-order valence-corrected chi connectivity index (χ1v) is 10.1. The van der Waals surface area contributed by atoms with Crippen LogP contribution in [0.25, 0.3) is 0 Å². The maximum Gasteiger partial charge on any atom is 0.253 e. The lowest BCUT2D eigenvalue weighted by Gasteiger charge is -2.34. The normalized spacial score (nSPS) is 19.9. The van der Waals surface area contributed by atoms with Gasteiger partial charge in [0.15, 0.2) is 0 Å². The third-order valence-corrected chi connectivity index (χ3v) is 5.67. The molecule has 2 amide bonds. The molecule has 2 fully saturated rings. The van der Waals surface area contributed by atoms with Gasteiger partial charge in [-0.1, -0.05) is 35.9 Å². The van der Waals surface area contributed by atoms with Gasteiger partial charge in [-0.2, -0.15) is 0 Å². The zero-order chi connectivity index (χ0) is 19.5. The zero-order valence-electron chi connectivity index (χ0n) is 15.7. The predicted molar refractivity (Wildman–Crippen MR) is 109 cm³/mol. The fourth-order valence-electron chi connectivity index (χ4n) is 3.96. The summed E-state index contributed by atoms with van der Waals surface area (Å²) in [7, 11) is 0. The van der Waals surface area contributed by atoms with E-state index in [0.29, 0.717) is 36.6 Å². The number of carbonyl (C=O) groups is 2. The minimum absolute atomic E-state index is 0.0307. The van der Waals surface area contributed by atoms with Crippen molar-refractivity contribution in [3.8, 4) is 0 Å². The highest BCUT2D eigenvalue weighted by molar-refractivity contribution is 6.30. The van der Waals surface area contributed by atoms with Gasteiger partial charge >= 0.3 is 0 Å². The van der Waals surface area contributed by atoms with Crippen molar-refractivity contribution >= 4 is 23.4 Å². The lowest BCUT2D eigenvalue weighted by molar-refractivity contribution is -0.128. The molecule has 2 saturated heterocycles. The predicted octanol–water partition coefficient (Wildman–Crippen LogP) is 3.25. The van der Waals surface area contributed by atoms with Crippen molar-refractivity contribution in [3.05, 3.63) is 70.2 Å². The number of hydrogen-bond donors (Lipinski definition) is 1. The Hall–Kier alpha value is -2.37. The van der Waals surface area contributed by atoms with Gasteiger partial charge in [-0.3, -0.25) is 9.59 Å². The number of likely N-dealkylation sites (tertiary alicyclic amines) is 1. The van der Waals surface area contributed by atoms with Crippen LogP contribution in [0.15, 0.2) is 48.5 Å². The fraction of sp³-hybridized carbons (Fsp3) is 0.364. The second-order valence-corrected chi connectivity index (χ2v) is 7.87. The summed E-state index contributed by atoms with van der Waals surface area (Å²) in [4.78, 5) is 28.7. The molecule has 2 aliphatic heterocycles. The number of rotatable bonds is 4. The third kappa shape index (κ3) is 4.21. The van der Waals surface area contributed by atoms with E-state index in [9.17, 15) is 9.59 Å². The van der Waals surface area contributed by atoms with Crippen molar-refractivity contribution in [1.82, 2.24) is 15.1 Å². The number of halogens is 1. The SMILES string of the molecule is O=C1CCCN1Cc1cccc(C(=O)N2CCNC(c3cccc(Cl)c3)C2)c1. The summed E-state index contributed by atoms with van der Waals surface area (Å²) in [5.74, 6) is 0.228. The van der Waals surface area contributed by atoms with E-state index in [2.05, 4.69) is 5.32 Å². The van der Waals surface area contributed by atoms with Crippen molar-refractivity contribution in [2.45, 2.75) is 25.4 Å². The summed E-state index contributed by atoms with van der Waals surface area (Å²) in [6.07, 6.45) is 1.55. The second-order valence-electron chi connectivity index (χ2n) is 7.43. The summed E-state index contributed by atoms with van der Waals surface area (Å²) in [6.45, 7) is 3.40. The van der Waals surface area contributed by atoms with Crippen molar-refractivity contribution in [2.75, 3.05) is 26.2 Å². The number of amides is 2. The van der Waals surface area contributed by atoms with Crippen LogP contribution in [0.4, 0.5) is 0 Å². The van der Waals surface area contributed by atoms with Crippen LogP contribution in [0, 0.1) is 0 Å². The fourth-order valence-corrected chi connectivity index (χ4v) is 4.16. The molecule has 5 nitrogen and oxygen atoms in total. The van der Waals surface area contributed by atoms with Crippen LogP contribution in [0.3, 0.4) is 0 Å². The summed E-state index contributed by atoms with van der Waals surface area (Å²) >= 11 is 6.12. The minimum atomic E-state index is 0.0307. The number of benzene rings is 2. The van der Waals surface area contributed by atoms with E-state index in [0.717, 1.165) is 30.6 Å². The number of hydrogen-bond acceptors (Lipinski definition) is 3. The van der Waals surface area contributed by atoms with Crippen LogP contribution >= 0.6 is 11.6 Å². The Bertz CT molecular complexity index is 886. The summed E-state index contributed by atoms with van der Waals surface area (Å²) in [5, 5.41) is 4.17. The molecule has 0 aromatic heterocycles. The zero-order valence-corrected chi connectivity index (χ0v) is 16.5. The molecular weight excluding hydrogens is 374 g/mol. The summed E-state index contributed by atoms with van der Waals surface area (Å²) in [6, 6.07) is 15.5. The highest BCUT2D eigenvalue weighted by Gasteiger charge is 2.26. The van der Waals surface area contributed by atoms with Gasteiger partial charge in [0.05, 0.1) is 6.04 Å². The second kappa shape index (κ2) is 8.33. The average Bonchev–Trinajstić information content (AvgIpc) is 3.12. The Kier molecular flexibility index (Phi) is 5.64. The number of nitrogens with one attached hydrogen (secondary N) is 1. The molecule has 0 spiro atoms. The quantitative estimate of drug-likeness (QED) is 0.861. The molecule has 2 heterocycles. The largest absolute Gasteiger partial charge is 0.338 e. The van der Waals surface area contributed by atoms with Crippen molar-refractivity contribution < 1.29 is 9.59 Å². The highest BCUT2D eigenvalue weighted by Crippen LogP contribution is 2.22. The van der Waals surface area contributed by atoms with Crippen LogP contribution in [0.5, 0.6) is 0 Å². The maximum atomic E-state index is 13.1. The van der Waals surface area contributed by atoms with Crippen LogP contribution in [-0.4, -0.2) is 47.8 Å². The Balaban J connectivity index is 1.46. The standard InChI is InChI=1S/C22H24ClN3O2/c23-19-7-2-5-17(13-19)20-15-26(11-9-24-20)22(28)18-6-1-4-16(12-18)14-25-10-3-8-21(25)27/h1-2,4-7,12-13,20,24H,3,8-11,14-15H2. The van der Waals surface area contributed by atoms with E-state index in [1.54, 1.807) is 0 Å². The lowest BCUT2D eigenvalue weighted by atomic mass is 10.0. The smallest absolute Gasteiger partial charge is 0.253 e. The van der Waals surface area contributed by atoms with Gasteiger partial charge in [-0.25, -0.2) is 0 Å². The summed E-state index contributed by atoms with van der Waals surface area (Å²) in [5.41, 5.74) is 2.77. The first-order chi connectivity index (χ1) is 13.6. The molecule has 2 aliphatic rings. The van der Waals surface area contributed by atoms with Crippen molar-refractivity contribution in [2.24, 2.45) is 0 Å². The monoisotopic (exact) mass is 397 g/mol. The van der Waals surface area contributed by atoms with E-state index in [-0.39, 0.29) is 17.9 Å². The molecule has 2 aromatic rings. The van der Waals surface area contributed by atoms with Crippen LogP contribution in [-0.2, 0) is 11.3 Å². The van der Waals surface area contributed by atoms with E-state index in [1.807, 2.05) is 58.3 Å². The molecule has 6 heteroatoms. The first kappa shape index (κ1) is 19.0. The molecule has 0 bridgehead atoms. The van der Waals surface area contributed by atoms with Gasteiger partial charge in [0.25, 0.3) is 5.91 Å². The third-order valence-electron chi connectivity index (χ3n) is 5.43. The Morgan fingerprint density at radius 2 is 2.00 bits per heavy atom. The molecule has 0 aliphatic carbocycles. The first-order valence-electron chi connectivity index (χ1n) is 9.75. The average molecular weight is 398 g/mol. The molecule has 1 N–H and O–H groups in total. The summed E-state index contributed by atoms with van der Waals surface area (Å²) < 4.78 is 0. The van der Waals surface area contributed by atoms with Gasteiger partial charge in [0.2, 0.25) is 5.91 Å². The molecule has 0 saturated carbocycles. The molecule has 28 heavy (non-hydrogen) atoms. The number of nitrogens with zero attached hydrogens (tertiary/aromatic N) is 2. The number of carbonyl (C=O) groups excluding carboxylic acids is 2. The van der Waals surface area contributed by atoms with Crippen molar-refractivity contribution in [1.29, 1.82) is 0 Å². The van der Waals surface area contributed by atoms with Gasteiger partial charge in [0.1, 0.15) is 0 Å². The Labute approximate surface area is 170 Å². The molecule has 1 unspecified atom stereocenters. The molecule has 2 aromatic carbocycles. The highest BCUT2D eigenvalue weighted by atomic mass is 35.5. The van der Waals surface area contributed by atoms with Crippen molar-refractivity contribution in [3.63, 3.8) is 0 Å². The lowest BCUT2D eigenvalue weighted by Crippen LogP contribution is -2.48. The Morgan fingerprint density at radius 1 is 1.14 bits per heavy atom. The van der Waals surface area contributed by atoms with Crippen LogP contribution < -0.4 is 5.32 Å². The van der Waals surface area contributed by atoms with Gasteiger partial charge in [-0.15, -0.1) is 0 Å². The number of piperazine rings is 1. The van der Waals surface area contributed by atoms with Gasteiger partial charge < -0.3 is 15.1 Å². The Morgan fingerprint density at radius 3 is 2.79 bits per heavy atom. The van der Waals surface area contributed by atoms with E-state index >= 15 is 0 Å². The molecule has 1 atom stereocenters. The maximum absolute atomic E-state index is 13.1. The van der Waals surface area contributed by atoms with Crippen LogP contribution in [0.2, 0.25) is 5.02 Å².